The van der Waals surface area contributed by atoms with Crippen LogP contribution in [0.2, 0.25) is 0 Å². The predicted molar refractivity (Wildman–Crippen MR) is 79.7 cm³/mol. The van der Waals surface area contributed by atoms with Gasteiger partial charge < -0.3 is 10.2 Å². The molecule has 0 saturated carbocycles. The first-order chi connectivity index (χ1) is 9.54. The monoisotopic (exact) mass is 313 g/mol. The van der Waals surface area contributed by atoms with Crippen LogP contribution in [-0.2, 0) is 0 Å². The number of hydrogen-bond donors (Lipinski definition) is 1. The van der Waals surface area contributed by atoms with Gasteiger partial charge in [-0.3, -0.25) is 0 Å². The van der Waals surface area contributed by atoms with Gasteiger partial charge in [0.05, 0.1) is 0 Å². The number of rotatable bonds is 1. The molecule has 1 aromatic rings. The van der Waals surface area contributed by atoms with Crippen LogP contribution in [0.3, 0.4) is 0 Å². The van der Waals surface area contributed by atoms with Crippen molar-refractivity contribution < 1.29 is 4.39 Å². The summed E-state index contributed by atoms with van der Waals surface area (Å²) in [6.45, 7) is 1.58. The van der Waals surface area contributed by atoms with E-state index in [1.54, 1.807) is 12.1 Å². The van der Waals surface area contributed by atoms with Crippen LogP contribution >= 0.6 is 23.2 Å². The lowest BCUT2D eigenvalue weighted by atomic mass is 9.88. The standard InChI is InChI=1S/C14H14Cl2FN3/c1-20-6-10(8-2-4-9(17)5-3-8)12-11(7-20)13(15)19-14(16)18-12/h2-5,10,13H,6-7H2,1H3,(H,18,19). The molecule has 1 aromatic carbocycles. The molecule has 0 saturated heterocycles. The molecule has 2 atom stereocenters. The first-order valence-electron chi connectivity index (χ1n) is 6.36. The molecule has 1 N–H and O–H groups in total. The zero-order valence-corrected chi connectivity index (χ0v) is 12.4. The summed E-state index contributed by atoms with van der Waals surface area (Å²) in [5, 5.41) is 3.43. The topological polar surface area (TPSA) is 27.6 Å². The van der Waals surface area contributed by atoms with Crippen molar-refractivity contribution in [3.05, 3.63) is 46.9 Å². The van der Waals surface area contributed by atoms with Crippen LogP contribution in [0.5, 0.6) is 0 Å². The molecule has 3 rings (SSSR count). The van der Waals surface area contributed by atoms with E-state index in [1.807, 2.05) is 7.05 Å². The summed E-state index contributed by atoms with van der Waals surface area (Å²) in [7, 11) is 2.03. The molecule has 0 spiro atoms. The predicted octanol–water partition coefficient (Wildman–Crippen LogP) is 2.87. The smallest absolute Gasteiger partial charge is 0.197 e. The van der Waals surface area contributed by atoms with Crippen LogP contribution in [-0.4, -0.2) is 35.8 Å². The highest BCUT2D eigenvalue weighted by molar-refractivity contribution is 6.65. The van der Waals surface area contributed by atoms with E-state index >= 15 is 0 Å². The molecule has 0 aliphatic carbocycles. The van der Waals surface area contributed by atoms with Crippen molar-refractivity contribution in [3.63, 3.8) is 0 Å². The minimum Gasteiger partial charge on any atom is -0.334 e. The SMILES string of the molecule is CN1CC2=C(NC(Cl)=NC2Cl)C(c2ccc(F)cc2)C1. The number of hydrogen-bond acceptors (Lipinski definition) is 3. The van der Waals surface area contributed by atoms with Crippen LogP contribution in [0.15, 0.2) is 40.5 Å². The van der Waals surface area contributed by atoms with Crippen molar-refractivity contribution in [2.24, 2.45) is 4.99 Å². The quantitative estimate of drug-likeness (QED) is 0.637. The van der Waals surface area contributed by atoms with Crippen molar-refractivity contribution >= 4 is 28.5 Å². The summed E-state index contributed by atoms with van der Waals surface area (Å²) >= 11 is 12.3. The Kier molecular flexibility index (Phi) is 3.71. The van der Waals surface area contributed by atoms with Gasteiger partial charge in [-0.2, -0.15) is 0 Å². The third-order valence-corrected chi connectivity index (χ3v) is 4.21. The number of nitrogens with zero attached hydrogens (tertiary/aromatic N) is 2. The van der Waals surface area contributed by atoms with Crippen LogP contribution in [0.25, 0.3) is 0 Å². The number of alkyl halides is 1. The van der Waals surface area contributed by atoms with E-state index in [2.05, 4.69) is 15.2 Å². The summed E-state index contributed by atoms with van der Waals surface area (Å²) in [5.74, 6) is -0.145. The van der Waals surface area contributed by atoms with Crippen molar-refractivity contribution in [3.8, 4) is 0 Å². The molecular formula is C14H14Cl2FN3. The molecule has 2 aliphatic heterocycles. The fraction of sp³-hybridized carbons (Fsp3) is 0.357. The van der Waals surface area contributed by atoms with Gasteiger partial charge in [-0.1, -0.05) is 23.7 Å². The number of nitrogens with one attached hydrogen (secondary N) is 1. The highest BCUT2D eigenvalue weighted by Gasteiger charge is 2.33. The molecule has 2 heterocycles. The minimum atomic E-state index is -0.440. The number of aliphatic imine (C=N–C) groups is 1. The van der Waals surface area contributed by atoms with Crippen LogP contribution in [0.4, 0.5) is 4.39 Å². The van der Waals surface area contributed by atoms with Gasteiger partial charge >= 0.3 is 0 Å². The second kappa shape index (κ2) is 5.35. The number of halogens is 3. The molecule has 6 heteroatoms. The van der Waals surface area contributed by atoms with Gasteiger partial charge in [0.15, 0.2) is 10.8 Å². The van der Waals surface area contributed by atoms with E-state index in [0.29, 0.717) is 5.29 Å². The Morgan fingerprint density at radius 2 is 2.05 bits per heavy atom. The normalized spacial score (nSPS) is 26.9. The van der Waals surface area contributed by atoms with E-state index in [0.717, 1.165) is 29.9 Å². The summed E-state index contributed by atoms with van der Waals surface area (Å²) in [4.78, 5) is 6.31. The second-order valence-electron chi connectivity index (χ2n) is 5.12. The van der Waals surface area contributed by atoms with Crippen molar-refractivity contribution in [2.75, 3.05) is 20.1 Å². The lowest BCUT2D eigenvalue weighted by Crippen LogP contribution is -2.43. The first-order valence-corrected chi connectivity index (χ1v) is 7.17. The Hall–Kier alpha value is -1.10. The van der Waals surface area contributed by atoms with Crippen LogP contribution < -0.4 is 5.32 Å². The third kappa shape index (κ3) is 2.55. The summed E-state index contributed by atoms with van der Waals surface area (Å²) in [6, 6.07) is 6.55. The van der Waals surface area contributed by atoms with Gasteiger partial charge in [0.25, 0.3) is 0 Å². The van der Waals surface area contributed by atoms with E-state index in [9.17, 15) is 4.39 Å². The minimum absolute atomic E-state index is 0.0925. The van der Waals surface area contributed by atoms with Gasteiger partial charge in [-0.25, -0.2) is 9.38 Å². The number of amidine groups is 1. The first kappa shape index (κ1) is 13.9. The molecule has 2 aliphatic rings. The van der Waals surface area contributed by atoms with Crippen LogP contribution in [0.1, 0.15) is 11.5 Å². The van der Waals surface area contributed by atoms with Gasteiger partial charge in [-0.15, -0.1) is 0 Å². The van der Waals surface area contributed by atoms with E-state index < -0.39 is 5.50 Å². The molecule has 0 aromatic heterocycles. The van der Waals surface area contributed by atoms with Crippen molar-refractivity contribution in [1.82, 2.24) is 10.2 Å². The average Bonchev–Trinajstić information content (AvgIpc) is 2.40. The Bertz CT molecular complexity index is 583. The molecule has 20 heavy (non-hydrogen) atoms. The van der Waals surface area contributed by atoms with Gasteiger partial charge in [0, 0.05) is 30.3 Å². The zero-order valence-electron chi connectivity index (χ0n) is 10.9. The largest absolute Gasteiger partial charge is 0.334 e. The maximum atomic E-state index is 13.1. The Morgan fingerprint density at radius 1 is 1.35 bits per heavy atom. The highest BCUT2D eigenvalue weighted by Crippen LogP contribution is 2.35. The second-order valence-corrected chi connectivity index (χ2v) is 5.89. The van der Waals surface area contributed by atoms with E-state index in [-0.39, 0.29) is 11.7 Å². The summed E-state index contributed by atoms with van der Waals surface area (Å²) < 4.78 is 13.1. The number of benzene rings is 1. The molecular weight excluding hydrogens is 300 g/mol. The van der Waals surface area contributed by atoms with Gasteiger partial charge in [0.1, 0.15) is 5.82 Å². The highest BCUT2D eigenvalue weighted by atomic mass is 35.5. The maximum Gasteiger partial charge on any atom is 0.197 e. The fourth-order valence-corrected chi connectivity index (χ4v) is 3.26. The Morgan fingerprint density at radius 3 is 2.75 bits per heavy atom. The zero-order chi connectivity index (χ0) is 14.3. The average molecular weight is 314 g/mol. The fourth-order valence-electron chi connectivity index (χ4n) is 2.73. The molecule has 2 unspecified atom stereocenters. The lowest BCUT2D eigenvalue weighted by molar-refractivity contribution is 0.317. The van der Waals surface area contributed by atoms with Crippen molar-refractivity contribution in [1.29, 1.82) is 0 Å². The molecule has 0 bridgehead atoms. The van der Waals surface area contributed by atoms with Crippen molar-refractivity contribution in [2.45, 2.75) is 11.4 Å². The van der Waals surface area contributed by atoms with Crippen LogP contribution in [0, 0.1) is 5.82 Å². The molecule has 0 amide bonds. The molecule has 106 valence electrons. The summed E-state index contributed by atoms with van der Waals surface area (Å²) in [6.07, 6.45) is 0. The molecule has 0 radical (unpaired) electrons. The van der Waals surface area contributed by atoms with E-state index in [4.69, 9.17) is 23.2 Å². The Balaban J connectivity index is 2.01. The molecule has 0 fully saturated rings. The number of likely N-dealkylation sites (N-methyl/N-ethyl adjacent to an activating group) is 1. The summed E-state index contributed by atoms with van der Waals surface area (Å²) in [5.41, 5.74) is 2.62. The Labute approximate surface area is 127 Å². The maximum absolute atomic E-state index is 13.1. The van der Waals surface area contributed by atoms with Gasteiger partial charge in [-0.05, 0) is 36.3 Å². The molecule has 3 nitrogen and oxygen atoms in total. The van der Waals surface area contributed by atoms with Gasteiger partial charge in [0.2, 0.25) is 0 Å². The lowest BCUT2D eigenvalue weighted by Gasteiger charge is -2.37. The third-order valence-electron chi connectivity index (χ3n) is 3.65. The van der Waals surface area contributed by atoms with E-state index in [1.165, 1.54) is 12.1 Å².